The minimum Gasteiger partial charge on any atom is -0.480 e. The highest BCUT2D eigenvalue weighted by atomic mass is 16.4. The largest absolute Gasteiger partial charge is 0.480 e. The molecular formula is C13H28N2O2. The maximum Gasteiger partial charge on any atom is 0.324 e. The first-order valence-electron chi connectivity index (χ1n) is 6.53. The van der Waals surface area contributed by atoms with E-state index in [1.54, 1.807) is 14.0 Å². The summed E-state index contributed by atoms with van der Waals surface area (Å²) in [5.74, 6) is -0.791. The molecule has 0 saturated carbocycles. The van der Waals surface area contributed by atoms with Crippen LogP contribution in [-0.2, 0) is 4.79 Å². The highest BCUT2D eigenvalue weighted by molar-refractivity contribution is 5.78. The molecule has 1 unspecified atom stereocenters. The van der Waals surface area contributed by atoms with Crippen molar-refractivity contribution in [2.24, 2.45) is 0 Å². The molecule has 1 atom stereocenters. The van der Waals surface area contributed by atoms with E-state index in [1.807, 2.05) is 0 Å². The maximum atomic E-state index is 11.3. The van der Waals surface area contributed by atoms with Crippen molar-refractivity contribution in [2.45, 2.75) is 58.5 Å². The van der Waals surface area contributed by atoms with E-state index in [-0.39, 0.29) is 0 Å². The second-order valence-electron chi connectivity index (χ2n) is 5.16. The molecule has 17 heavy (non-hydrogen) atoms. The molecule has 0 aromatic heterocycles. The number of nitrogens with zero attached hydrogens (tertiary/aromatic N) is 1. The van der Waals surface area contributed by atoms with Gasteiger partial charge in [0, 0.05) is 12.6 Å². The van der Waals surface area contributed by atoms with Gasteiger partial charge in [-0.15, -0.1) is 0 Å². The Kier molecular flexibility index (Phi) is 7.39. The van der Waals surface area contributed by atoms with E-state index in [9.17, 15) is 9.90 Å². The minimum atomic E-state index is -0.865. The van der Waals surface area contributed by atoms with E-state index in [4.69, 9.17) is 0 Å². The molecule has 0 aliphatic rings. The summed E-state index contributed by atoms with van der Waals surface area (Å²) >= 11 is 0. The summed E-state index contributed by atoms with van der Waals surface area (Å²) in [5, 5.41) is 12.2. The lowest BCUT2D eigenvalue weighted by atomic mass is 10.0. The zero-order chi connectivity index (χ0) is 13.5. The van der Waals surface area contributed by atoms with Crippen LogP contribution in [0.1, 0.15) is 47.0 Å². The highest BCUT2D eigenvalue weighted by Crippen LogP contribution is 2.11. The number of rotatable bonds is 9. The third-order valence-electron chi connectivity index (χ3n) is 3.32. The smallest absolute Gasteiger partial charge is 0.324 e. The van der Waals surface area contributed by atoms with Gasteiger partial charge < -0.3 is 10.4 Å². The fourth-order valence-corrected chi connectivity index (χ4v) is 1.74. The molecule has 0 aromatic carbocycles. The number of aliphatic carboxylic acids is 1. The average Bonchev–Trinajstić information content (AvgIpc) is 2.27. The van der Waals surface area contributed by atoms with E-state index in [2.05, 4.69) is 31.0 Å². The fraction of sp³-hybridized carbons (Fsp3) is 0.923. The zero-order valence-electron chi connectivity index (χ0n) is 11.9. The molecule has 2 N–H and O–H groups in total. The number of unbranched alkanes of at least 4 members (excludes halogenated alkanes) is 2. The number of likely N-dealkylation sites (N-methyl/N-ethyl adjacent to an activating group) is 1. The summed E-state index contributed by atoms with van der Waals surface area (Å²) < 4.78 is 0. The number of carboxylic acids is 1. The highest BCUT2D eigenvalue weighted by Gasteiger charge is 2.33. The van der Waals surface area contributed by atoms with Crippen LogP contribution in [0.4, 0.5) is 0 Å². The SMILES string of the molecule is CCCCCN(CC(C)(NC)C(=O)O)C(C)C. The Hall–Kier alpha value is -0.610. The van der Waals surface area contributed by atoms with Gasteiger partial charge in [0.2, 0.25) is 0 Å². The van der Waals surface area contributed by atoms with Crippen LogP contribution in [0.3, 0.4) is 0 Å². The second kappa shape index (κ2) is 7.67. The Labute approximate surface area is 105 Å². The zero-order valence-corrected chi connectivity index (χ0v) is 11.9. The molecule has 4 nitrogen and oxygen atoms in total. The van der Waals surface area contributed by atoms with Crippen molar-refractivity contribution in [1.29, 1.82) is 0 Å². The molecule has 0 rings (SSSR count). The van der Waals surface area contributed by atoms with Gasteiger partial charge in [0.1, 0.15) is 5.54 Å². The number of hydrogen-bond acceptors (Lipinski definition) is 3. The molecule has 0 aliphatic heterocycles. The van der Waals surface area contributed by atoms with Crippen LogP contribution < -0.4 is 5.32 Å². The van der Waals surface area contributed by atoms with Crippen molar-refractivity contribution in [3.8, 4) is 0 Å². The fourth-order valence-electron chi connectivity index (χ4n) is 1.74. The third kappa shape index (κ3) is 5.50. The van der Waals surface area contributed by atoms with Crippen molar-refractivity contribution < 1.29 is 9.90 Å². The van der Waals surface area contributed by atoms with Crippen molar-refractivity contribution in [3.63, 3.8) is 0 Å². The standard InChI is InChI=1S/C13H28N2O2/c1-6-7-8-9-15(11(2)3)10-13(4,14-5)12(16)17/h11,14H,6-10H2,1-5H3,(H,16,17). The number of carboxylic acid groups (broad SMARTS) is 1. The van der Waals surface area contributed by atoms with Gasteiger partial charge >= 0.3 is 5.97 Å². The first-order chi connectivity index (χ1) is 7.87. The van der Waals surface area contributed by atoms with E-state index in [0.29, 0.717) is 12.6 Å². The lowest BCUT2D eigenvalue weighted by Gasteiger charge is -2.34. The Morgan fingerprint density at radius 2 is 2.00 bits per heavy atom. The van der Waals surface area contributed by atoms with Gasteiger partial charge in [-0.1, -0.05) is 19.8 Å². The Morgan fingerprint density at radius 1 is 1.41 bits per heavy atom. The number of hydrogen-bond donors (Lipinski definition) is 2. The lowest BCUT2D eigenvalue weighted by molar-refractivity contribution is -0.145. The Balaban J connectivity index is 4.46. The van der Waals surface area contributed by atoms with E-state index < -0.39 is 11.5 Å². The molecule has 4 heteroatoms. The first kappa shape index (κ1) is 16.4. The van der Waals surface area contributed by atoms with Crippen LogP contribution in [0.2, 0.25) is 0 Å². The molecule has 0 aromatic rings. The monoisotopic (exact) mass is 244 g/mol. The molecular weight excluding hydrogens is 216 g/mol. The topological polar surface area (TPSA) is 52.6 Å². The van der Waals surface area contributed by atoms with E-state index in [1.165, 1.54) is 12.8 Å². The van der Waals surface area contributed by atoms with Gasteiger partial charge in [-0.2, -0.15) is 0 Å². The maximum absolute atomic E-state index is 11.3. The second-order valence-corrected chi connectivity index (χ2v) is 5.16. The van der Waals surface area contributed by atoms with Crippen LogP contribution in [-0.4, -0.2) is 47.7 Å². The van der Waals surface area contributed by atoms with Gasteiger partial charge in [-0.25, -0.2) is 0 Å². The van der Waals surface area contributed by atoms with E-state index >= 15 is 0 Å². The summed E-state index contributed by atoms with van der Waals surface area (Å²) in [7, 11) is 1.71. The molecule has 0 heterocycles. The minimum absolute atomic E-state index is 0.374. The number of carbonyl (C=O) groups is 1. The Morgan fingerprint density at radius 3 is 2.35 bits per heavy atom. The lowest BCUT2D eigenvalue weighted by Crippen LogP contribution is -2.56. The van der Waals surface area contributed by atoms with Gasteiger partial charge in [0.25, 0.3) is 0 Å². The summed E-state index contributed by atoms with van der Waals surface area (Å²) in [6, 6.07) is 0.374. The van der Waals surface area contributed by atoms with Crippen molar-refractivity contribution >= 4 is 5.97 Å². The molecule has 0 amide bonds. The summed E-state index contributed by atoms with van der Waals surface area (Å²) in [5.41, 5.74) is -0.865. The van der Waals surface area contributed by atoms with Gasteiger partial charge in [-0.3, -0.25) is 9.69 Å². The normalized spacial score (nSPS) is 15.2. The number of nitrogens with one attached hydrogen (secondary N) is 1. The van der Waals surface area contributed by atoms with Crippen LogP contribution in [0.15, 0.2) is 0 Å². The van der Waals surface area contributed by atoms with Crippen LogP contribution in [0.5, 0.6) is 0 Å². The molecule has 0 fully saturated rings. The summed E-state index contributed by atoms with van der Waals surface area (Å²) in [4.78, 5) is 13.5. The van der Waals surface area contributed by atoms with Crippen molar-refractivity contribution in [3.05, 3.63) is 0 Å². The van der Waals surface area contributed by atoms with Crippen LogP contribution >= 0.6 is 0 Å². The predicted octanol–water partition coefficient (Wildman–Crippen LogP) is 1.95. The molecule has 0 spiro atoms. The molecule has 0 radical (unpaired) electrons. The van der Waals surface area contributed by atoms with Crippen molar-refractivity contribution in [1.82, 2.24) is 10.2 Å². The third-order valence-corrected chi connectivity index (χ3v) is 3.32. The van der Waals surface area contributed by atoms with E-state index in [0.717, 1.165) is 13.0 Å². The summed E-state index contributed by atoms with van der Waals surface area (Å²) in [6.07, 6.45) is 3.52. The van der Waals surface area contributed by atoms with Crippen LogP contribution in [0.25, 0.3) is 0 Å². The van der Waals surface area contributed by atoms with Crippen LogP contribution in [0, 0.1) is 0 Å². The van der Waals surface area contributed by atoms with Gasteiger partial charge in [-0.05, 0) is 40.8 Å². The summed E-state index contributed by atoms with van der Waals surface area (Å²) in [6.45, 7) is 9.66. The molecule has 0 saturated heterocycles. The molecule has 0 aliphatic carbocycles. The predicted molar refractivity (Wildman–Crippen MR) is 71.3 cm³/mol. The molecule has 102 valence electrons. The van der Waals surface area contributed by atoms with Gasteiger partial charge in [0.15, 0.2) is 0 Å². The quantitative estimate of drug-likeness (QED) is 0.609. The first-order valence-corrected chi connectivity index (χ1v) is 6.53. The Bertz CT molecular complexity index is 231. The molecule has 0 bridgehead atoms. The van der Waals surface area contributed by atoms with Gasteiger partial charge in [0.05, 0.1) is 0 Å². The van der Waals surface area contributed by atoms with Crippen molar-refractivity contribution in [2.75, 3.05) is 20.1 Å². The average molecular weight is 244 g/mol.